The van der Waals surface area contributed by atoms with E-state index in [1.165, 1.54) is 0 Å². The number of benzene rings is 1. The number of rotatable bonds is 4. The highest BCUT2D eigenvalue weighted by molar-refractivity contribution is 5.80. The number of fused-ring (bicyclic) bond motifs is 2. The topological polar surface area (TPSA) is 64.2 Å². The first kappa shape index (κ1) is 17.1. The van der Waals surface area contributed by atoms with E-state index in [9.17, 15) is 4.79 Å². The van der Waals surface area contributed by atoms with Crippen LogP contribution in [0.2, 0.25) is 0 Å². The molecule has 1 aliphatic heterocycles. The first-order valence-corrected chi connectivity index (χ1v) is 9.79. The molecule has 1 fully saturated rings. The monoisotopic (exact) mass is 374 g/mol. The lowest BCUT2D eigenvalue weighted by Crippen LogP contribution is -2.36. The highest BCUT2D eigenvalue weighted by atomic mass is 16.5. The van der Waals surface area contributed by atoms with Crippen molar-refractivity contribution in [1.29, 1.82) is 0 Å². The molecule has 3 aromatic heterocycles. The zero-order valence-electron chi connectivity index (χ0n) is 15.6. The normalized spacial score (nSPS) is 16.1. The van der Waals surface area contributed by atoms with E-state index in [0.29, 0.717) is 17.8 Å². The predicted molar refractivity (Wildman–Crippen MR) is 108 cm³/mol. The van der Waals surface area contributed by atoms with Gasteiger partial charge in [-0.1, -0.05) is 17.3 Å². The summed E-state index contributed by atoms with van der Waals surface area (Å²) in [6.45, 7) is 3.59. The second-order valence-corrected chi connectivity index (χ2v) is 7.46. The summed E-state index contributed by atoms with van der Waals surface area (Å²) < 4.78 is 7.27. The lowest BCUT2D eigenvalue weighted by Gasteiger charge is -2.31. The van der Waals surface area contributed by atoms with Crippen LogP contribution in [0.15, 0.2) is 64.3 Å². The molecule has 4 aromatic rings. The third kappa shape index (κ3) is 3.10. The quantitative estimate of drug-likeness (QED) is 0.548. The van der Waals surface area contributed by atoms with E-state index in [1.54, 1.807) is 17.0 Å². The number of hydrogen-bond donors (Lipinski definition) is 0. The van der Waals surface area contributed by atoms with Gasteiger partial charge < -0.3 is 14.0 Å². The predicted octanol–water partition coefficient (Wildman–Crippen LogP) is 3.42. The van der Waals surface area contributed by atoms with E-state index < -0.39 is 0 Å². The largest absolute Gasteiger partial charge is 0.356 e. The molecular formula is C22H22N4O2. The molecule has 0 N–H and O–H groups in total. The second-order valence-electron chi connectivity index (χ2n) is 7.46. The lowest BCUT2D eigenvalue weighted by molar-refractivity contribution is 0.202. The summed E-state index contributed by atoms with van der Waals surface area (Å²) >= 11 is 0. The number of likely N-dealkylation sites (tertiary alicyclic amines) is 1. The standard InChI is InChI=1S/C22H22N4O2/c27-22-19-15-23-9-5-16(19)8-12-26(22)14-13-25-10-6-17(7-11-25)21-18-3-1-2-4-20(18)28-24-21/h1-5,8-9,12,15,17H,6-7,10-11,13-14H2. The van der Waals surface area contributed by atoms with Gasteiger partial charge in [0.1, 0.15) is 0 Å². The number of nitrogens with zero attached hydrogens (tertiary/aromatic N) is 4. The van der Waals surface area contributed by atoms with E-state index in [4.69, 9.17) is 4.52 Å². The number of piperidine rings is 1. The van der Waals surface area contributed by atoms with Crippen LogP contribution in [-0.4, -0.2) is 39.2 Å². The van der Waals surface area contributed by atoms with E-state index in [0.717, 1.165) is 54.5 Å². The molecule has 0 atom stereocenters. The summed E-state index contributed by atoms with van der Waals surface area (Å²) in [6, 6.07) is 11.9. The Balaban J connectivity index is 1.23. The fourth-order valence-corrected chi connectivity index (χ4v) is 4.18. The Kier molecular flexibility index (Phi) is 4.41. The van der Waals surface area contributed by atoms with Crippen molar-refractivity contribution in [3.05, 3.63) is 71.0 Å². The number of pyridine rings is 2. The summed E-state index contributed by atoms with van der Waals surface area (Å²) in [5, 5.41) is 7.09. The van der Waals surface area contributed by atoms with Crippen molar-refractivity contribution < 1.29 is 4.52 Å². The zero-order valence-corrected chi connectivity index (χ0v) is 15.6. The Bertz CT molecular complexity index is 1170. The van der Waals surface area contributed by atoms with Crippen LogP contribution in [0.25, 0.3) is 21.7 Å². The molecule has 0 spiro atoms. The maximum atomic E-state index is 12.6. The van der Waals surface area contributed by atoms with Crippen LogP contribution in [0.3, 0.4) is 0 Å². The molecule has 0 aliphatic carbocycles. The van der Waals surface area contributed by atoms with Gasteiger partial charge in [-0.05, 0) is 55.6 Å². The summed E-state index contributed by atoms with van der Waals surface area (Å²) in [5.74, 6) is 0.439. The van der Waals surface area contributed by atoms with Crippen LogP contribution in [-0.2, 0) is 6.54 Å². The van der Waals surface area contributed by atoms with Crippen molar-refractivity contribution in [2.75, 3.05) is 19.6 Å². The van der Waals surface area contributed by atoms with Crippen molar-refractivity contribution in [3.8, 4) is 0 Å². The molecule has 0 unspecified atom stereocenters. The van der Waals surface area contributed by atoms with Crippen LogP contribution < -0.4 is 5.56 Å². The zero-order chi connectivity index (χ0) is 18.9. The van der Waals surface area contributed by atoms with Crippen molar-refractivity contribution >= 4 is 21.7 Å². The van der Waals surface area contributed by atoms with Crippen LogP contribution in [0.4, 0.5) is 0 Å². The maximum absolute atomic E-state index is 12.6. The van der Waals surface area contributed by atoms with Crippen LogP contribution in [0.1, 0.15) is 24.5 Å². The van der Waals surface area contributed by atoms with Gasteiger partial charge in [-0.3, -0.25) is 9.78 Å². The fourth-order valence-electron chi connectivity index (χ4n) is 4.18. The lowest BCUT2D eigenvalue weighted by atomic mass is 9.91. The summed E-state index contributed by atoms with van der Waals surface area (Å²) in [5.41, 5.74) is 1.99. The fraction of sp³-hybridized carbons (Fsp3) is 0.318. The minimum absolute atomic E-state index is 0.0366. The highest BCUT2D eigenvalue weighted by Crippen LogP contribution is 2.32. The number of aromatic nitrogens is 3. The van der Waals surface area contributed by atoms with Gasteiger partial charge in [0, 0.05) is 43.0 Å². The molecule has 4 heterocycles. The van der Waals surface area contributed by atoms with Crippen LogP contribution >= 0.6 is 0 Å². The van der Waals surface area contributed by atoms with Crippen molar-refractivity contribution in [3.63, 3.8) is 0 Å². The molecule has 0 radical (unpaired) electrons. The molecule has 142 valence electrons. The number of hydrogen-bond acceptors (Lipinski definition) is 5. The molecule has 1 aromatic carbocycles. The smallest absolute Gasteiger partial charge is 0.260 e. The molecule has 0 saturated carbocycles. The summed E-state index contributed by atoms with van der Waals surface area (Å²) in [6.07, 6.45) is 7.38. The molecule has 5 rings (SSSR count). The van der Waals surface area contributed by atoms with Gasteiger partial charge in [-0.25, -0.2) is 0 Å². The van der Waals surface area contributed by atoms with E-state index in [1.807, 2.05) is 36.5 Å². The minimum atomic E-state index is 0.0366. The summed E-state index contributed by atoms with van der Waals surface area (Å²) in [4.78, 5) is 19.1. The average molecular weight is 374 g/mol. The SMILES string of the molecule is O=c1c2cnccc2ccn1CCN1CCC(c2noc3ccccc23)CC1. The molecular weight excluding hydrogens is 352 g/mol. The molecule has 6 heteroatoms. The second kappa shape index (κ2) is 7.20. The molecule has 0 amide bonds. The van der Waals surface area contributed by atoms with E-state index in [-0.39, 0.29) is 5.56 Å². The van der Waals surface area contributed by atoms with Gasteiger partial charge in [-0.2, -0.15) is 0 Å². The maximum Gasteiger partial charge on any atom is 0.260 e. The van der Waals surface area contributed by atoms with Crippen molar-refractivity contribution in [1.82, 2.24) is 19.6 Å². The molecule has 6 nitrogen and oxygen atoms in total. The Labute approximate surface area is 162 Å². The third-order valence-corrected chi connectivity index (χ3v) is 5.82. The minimum Gasteiger partial charge on any atom is -0.356 e. The van der Waals surface area contributed by atoms with Gasteiger partial charge in [0.2, 0.25) is 0 Å². The van der Waals surface area contributed by atoms with Gasteiger partial charge in [-0.15, -0.1) is 0 Å². The van der Waals surface area contributed by atoms with Gasteiger partial charge >= 0.3 is 0 Å². The van der Waals surface area contributed by atoms with Crippen LogP contribution in [0.5, 0.6) is 0 Å². The van der Waals surface area contributed by atoms with Crippen molar-refractivity contribution in [2.24, 2.45) is 0 Å². The number of para-hydroxylation sites is 1. The first-order chi connectivity index (χ1) is 13.8. The third-order valence-electron chi connectivity index (χ3n) is 5.82. The Hall–Kier alpha value is -2.99. The first-order valence-electron chi connectivity index (χ1n) is 9.79. The molecule has 1 aliphatic rings. The van der Waals surface area contributed by atoms with Crippen molar-refractivity contribution in [2.45, 2.75) is 25.3 Å². The summed E-state index contributed by atoms with van der Waals surface area (Å²) in [7, 11) is 0. The molecule has 0 bridgehead atoms. The Morgan fingerprint density at radius 2 is 1.89 bits per heavy atom. The Morgan fingerprint density at radius 1 is 1.04 bits per heavy atom. The van der Waals surface area contributed by atoms with E-state index in [2.05, 4.69) is 21.1 Å². The molecule has 28 heavy (non-hydrogen) atoms. The van der Waals surface area contributed by atoms with Gasteiger partial charge in [0.15, 0.2) is 5.58 Å². The van der Waals surface area contributed by atoms with Gasteiger partial charge in [0.05, 0.1) is 11.1 Å². The average Bonchev–Trinajstić information content (AvgIpc) is 3.18. The Morgan fingerprint density at radius 3 is 2.79 bits per heavy atom. The van der Waals surface area contributed by atoms with Crippen LogP contribution in [0, 0.1) is 0 Å². The van der Waals surface area contributed by atoms with E-state index >= 15 is 0 Å². The molecule has 1 saturated heterocycles. The highest BCUT2D eigenvalue weighted by Gasteiger charge is 2.24. The van der Waals surface area contributed by atoms with Gasteiger partial charge in [0.25, 0.3) is 5.56 Å².